The van der Waals surface area contributed by atoms with Crippen LogP contribution in [0, 0.1) is 12.7 Å². The molecule has 4 rings (SSSR count). The van der Waals surface area contributed by atoms with E-state index in [4.69, 9.17) is 18.7 Å². The number of hydrogen-bond donors (Lipinski definition) is 1. The lowest BCUT2D eigenvalue weighted by Gasteiger charge is -2.16. The summed E-state index contributed by atoms with van der Waals surface area (Å²) in [6.45, 7) is 3.10. The zero-order valence-corrected chi connectivity index (χ0v) is 19.4. The van der Waals surface area contributed by atoms with E-state index in [-0.39, 0.29) is 11.3 Å². The Morgan fingerprint density at radius 3 is 2.49 bits per heavy atom. The van der Waals surface area contributed by atoms with Crippen LogP contribution < -0.4 is 14.8 Å². The Kier molecular flexibility index (Phi) is 6.63. The lowest BCUT2D eigenvalue weighted by atomic mass is 10.1. The standard InChI is InChI=1S/C25H22FN3O6/c1-13-22-18(12-19(28-24(22)35-29-13)15-5-7-16(26)8-6-15)25(31)34-14(2)23(30)27-20-11-17(32-3)9-10-21(20)33-4/h5-12,14H,1-4H3,(H,27,30). The molecule has 1 atom stereocenters. The molecule has 180 valence electrons. The zero-order valence-electron chi connectivity index (χ0n) is 19.4. The molecule has 2 heterocycles. The number of anilines is 1. The molecule has 1 amide bonds. The van der Waals surface area contributed by atoms with Crippen LogP contribution in [0.25, 0.3) is 22.4 Å². The van der Waals surface area contributed by atoms with Crippen LogP contribution in [-0.2, 0) is 9.53 Å². The van der Waals surface area contributed by atoms with Gasteiger partial charge in [0.15, 0.2) is 6.10 Å². The van der Waals surface area contributed by atoms with E-state index in [0.717, 1.165) is 0 Å². The summed E-state index contributed by atoms with van der Waals surface area (Å²) in [6, 6.07) is 12.0. The lowest BCUT2D eigenvalue weighted by molar-refractivity contribution is -0.123. The van der Waals surface area contributed by atoms with E-state index >= 15 is 0 Å². The van der Waals surface area contributed by atoms with Gasteiger partial charge in [-0.15, -0.1) is 0 Å². The first kappa shape index (κ1) is 23.7. The van der Waals surface area contributed by atoms with Gasteiger partial charge < -0.3 is 24.1 Å². The maximum absolute atomic E-state index is 13.4. The van der Waals surface area contributed by atoms with Crippen LogP contribution in [0.3, 0.4) is 0 Å². The fourth-order valence-corrected chi connectivity index (χ4v) is 3.45. The highest BCUT2D eigenvalue weighted by molar-refractivity contribution is 6.05. The van der Waals surface area contributed by atoms with E-state index in [1.54, 1.807) is 25.1 Å². The van der Waals surface area contributed by atoms with Crippen molar-refractivity contribution in [3.05, 3.63) is 65.6 Å². The predicted molar refractivity (Wildman–Crippen MR) is 125 cm³/mol. The van der Waals surface area contributed by atoms with Gasteiger partial charge >= 0.3 is 5.97 Å². The fraction of sp³-hybridized carbons (Fsp3) is 0.200. The summed E-state index contributed by atoms with van der Waals surface area (Å²) in [5.74, 6) is -0.820. The summed E-state index contributed by atoms with van der Waals surface area (Å²) in [5.41, 5.74) is 1.95. The Bertz CT molecular complexity index is 1400. The predicted octanol–water partition coefficient (Wildman–Crippen LogP) is 4.54. The third-order valence-electron chi connectivity index (χ3n) is 5.29. The number of aromatic nitrogens is 2. The van der Waals surface area contributed by atoms with Crippen LogP contribution in [0.4, 0.5) is 10.1 Å². The molecular weight excluding hydrogens is 457 g/mol. The number of amides is 1. The number of nitrogens with zero attached hydrogens (tertiary/aromatic N) is 2. The number of pyridine rings is 1. The van der Waals surface area contributed by atoms with Gasteiger partial charge in [0.1, 0.15) is 17.3 Å². The molecule has 1 unspecified atom stereocenters. The third kappa shape index (κ3) is 4.91. The molecule has 10 heteroatoms. The number of methoxy groups -OCH3 is 2. The smallest absolute Gasteiger partial charge is 0.339 e. The topological polar surface area (TPSA) is 113 Å². The van der Waals surface area contributed by atoms with Gasteiger partial charge in [-0.3, -0.25) is 4.79 Å². The Labute approximate surface area is 199 Å². The Morgan fingerprint density at radius 2 is 1.80 bits per heavy atom. The molecule has 0 spiro atoms. The molecule has 0 radical (unpaired) electrons. The second kappa shape index (κ2) is 9.80. The number of halogens is 1. The van der Waals surface area contributed by atoms with Crippen LogP contribution in [0.15, 0.2) is 53.1 Å². The first-order valence-electron chi connectivity index (χ1n) is 10.6. The van der Waals surface area contributed by atoms with Crippen molar-refractivity contribution in [2.24, 2.45) is 0 Å². The fourth-order valence-electron chi connectivity index (χ4n) is 3.45. The van der Waals surface area contributed by atoms with Crippen LogP contribution in [0.2, 0.25) is 0 Å². The largest absolute Gasteiger partial charge is 0.497 e. The maximum atomic E-state index is 13.4. The number of esters is 1. The molecule has 9 nitrogen and oxygen atoms in total. The highest BCUT2D eigenvalue weighted by Crippen LogP contribution is 2.30. The molecule has 1 N–H and O–H groups in total. The van der Waals surface area contributed by atoms with Crippen molar-refractivity contribution in [1.29, 1.82) is 0 Å². The first-order valence-corrected chi connectivity index (χ1v) is 10.6. The van der Waals surface area contributed by atoms with E-state index < -0.39 is 23.8 Å². The van der Waals surface area contributed by atoms with Gasteiger partial charge in [0.05, 0.1) is 42.2 Å². The third-order valence-corrected chi connectivity index (χ3v) is 5.29. The van der Waals surface area contributed by atoms with Crippen LogP contribution in [-0.4, -0.2) is 42.3 Å². The van der Waals surface area contributed by atoms with Gasteiger partial charge in [0, 0.05) is 11.6 Å². The van der Waals surface area contributed by atoms with E-state index in [1.165, 1.54) is 51.5 Å². The first-order chi connectivity index (χ1) is 16.8. The summed E-state index contributed by atoms with van der Waals surface area (Å²) >= 11 is 0. The molecule has 0 aliphatic heterocycles. The van der Waals surface area contributed by atoms with E-state index in [0.29, 0.717) is 39.5 Å². The minimum absolute atomic E-state index is 0.117. The number of aryl methyl sites for hydroxylation is 1. The number of nitrogens with one attached hydrogen (secondary N) is 1. The maximum Gasteiger partial charge on any atom is 0.339 e. The van der Waals surface area contributed by atoms with E-state index in [1.807, 2.05) is 0 Å². The van der Waals surface area contributed by atoms with E-state index in [2.05, 4.69) is 15.5 Å². The minimum Gasteiger partial charge on any atom is -0.497 e. The molecule has 35 heavy (non-hydrogen) atoms. The quantitative estimate of drug-likeness (QED) is 0.385. The molecule has 0 bridgehead atoms. The van der Waals surface area contributed by atoms with Crippen LogP contribution in [0.1, 0.15) is 23.0 Å². The second-order valence-corrected chi connectivity index (χ2v) is 7.61. The van der Waals surface area contributed by atoms with Gasteiger partial charge in [-0.2, -0.15) is 0 Å². The van der Waals surface area contributed by atoms with Crippen LogP contribution in [0.5, 0.6) is 11.5 Å². The Hall–Kier alpha value is -4.47. The second-order valence-electron chi connectivity index (χ2n) is 7.61. The van der Waals surface area contributed by atoms with E-state index in [9.17, 15) is 14.0 Å². The van der Waals surface area contributed by atoms with Crippen molar-refractivity contribution >= 4 is 28.7 Å². The van der Waals surface area contributed by atoms with Gasteiger partial charge in [-0.05, 0) is 56.3 Å². The average Bonchev–Trinajstić information content (AvgIpc) is 3.24. The molecule has 2 aromatic carbocycles. The Morgan fingerprint density at radius 1 is 1.06 bits per heavy atom. The molecule has 0 fully saturated rings. The normalized spacial score (nSPS) is 11.7. The van der Waals surface area contributed by atoms with Gasteiger partial charge in [-0.25, -0.2) is 14.2 Å². The summed E-state index contributed by atoms with van der Waals surface area (Å²) in [6.07, 6.45) is -1.16. The van der Waals surface area contributed by atoms with Gasteiger partial charge in [0.2, 0.25) is 0 Å². The molecule has 0 aliphatic carbocycles. The molecule has 2 aromatic heterocycles. The zero-order chi connectivity index (χ0) is 25.1. The van der Waals surface area contributed by atoms with Crippen molar-refractivity contribution in [2.45, 2.75) is 20.0 Å². The summed E-state index contributed by atoms with van der Waals surface area (Å²) in [4.78, 5) is 30.3. The Balaban J connectivity index is 1.60. The monoisotopic (exact) mass is 479 g/mol. The highest BCUT2D eigenvalue weighted by atomic mass is 19.1. The number of carbonyl (C=O) groups excluding carboxylic acids is 2. The molecular formula is C25H22FN3O6. The number of hydrogen-bond acceptors (Lipinski definition) is 8. The minimum atomic E-state index is -1.16. The van der Waals surface area contributed by atoms with Crippen molar-refractivity contribution in [3.63, 3.8) is 0 Å². The number of carbonyl (C=O) groups is 2. The molecule has 0 aliphatic rings. The number of ether oxygens (including phenoxy) is 3. The van der Waals surface area contributed by atoms with Crippen molar-refractivity contribution in [1.82, 2.24) is 10.1 Å². The van der Waals surface area contributed by atoms with Gasteiger partial charge in [0.25, 0.3) is 11.6 Å². The SMILES string of the molecule is COc1ccc(OC)c(NC(=O)C(C)OC(=O)c2cc(-c3ccc(F)cc3)nc3onc(C)c23)c1. The summed E-state index contributed by atoms with van der Waals surface area (Å²) in [5, 5.41) is 6.93. The highest BCUT2D eigenvalue weighted by Gasteiger charge is 2.25. The number of fused-ring (bicyclic) bond motifs is 1. The molecule has 4 aromatic rings. The van der Waals surface area contributed by atoms with Crippen LogP contribution >= 0.6 is 0 Å². The number of benzene rings is 2. The molecule has 0 saturated heterocycles. The molecule has 0 saturated carbocycles. The lowest BCUT2D eigenvalue weighted by Crippen LogP contribution is -2.30. The number of rotatable bonds is 7. The average molecular weight is 479 g/mol. The van der Waals surface area contributed by atoms with Crippen molar-refractivity contribution in [2.75, 3.05) is 19.5 Å². The summed E-state index contributed by atoms with van der Waals surface area (Å²) in [7, 11) is 2.97. The van der Waals surface area contributed by atoms with Crippen molar-refractivity contribution in [3.8, 4) is 22.8 Å². The van der Waals surface area contributed by atoms with Gasteiger partial charge in [-0.1, -0.05) is 5.16 Å². The van der Waals surface area contributed by atoms with Crippen molar-refractivity contribution < 1.29 is 32.7 Å². The summed E-state index contributed by atoms with van der Waals surface area (Å²) < 4.78 is 34.5.